The van der Waals surface area contributed by atoms with Gasteiger partial charge in [-0.25, -0.2) is 8.78 Å². The zero-order chi connectivity index (χ0) is 11.6. The molecule has 1 aromatic rings. The summed E-state index contributed by atoms with van der Waals surface area (Å²) in [5, 5.41) is -0.0165. The number of rotatable bonds is 3. The highest BCUT2D eigenvalue weighted by molar-refractivity contribution is 6.34. The molecule has 1 rings (SSSR count). The Morgan fingerprint density at radius 3 is 2.47 bits per heavy atom. The van der Waals surface area contributed by atoms with Gasteiger partial charge in [-0.2, -0.15) is 0 Å². The zero-order valence-corrected chi connectivity index (χ0v) is 8.94. The number of Topliss-reactive ketones (excluding diaryl/α,β-unsaturated/α-hetero) is 1. The second kappa shape index (κ2) is 4.57. The largest absolute Gasteiger partial charge is 0.496 e. The molecule has 0 aliphatic carbocycles. The number of ketones is 1. The summed E-state index contributed by atoms with van der Waals surface area (Å²) in [4.78, 5) is 11.2. The maximum absolute atomic E-state index is 12.4. The van der Waals surface area contributed by atoms with Crippen LogP contribution in [0.2, 0.25) is 5.02 Å². The van der Waals surface area contributed by atoms with Crippen molar-refractivity contribution >= 4 is 17.4 Å². The molecular weight excluding hydrogens is 226 g/mol. The quantitative estimate of drug-likeness (QED) is 0.749. The third-order valence-electron chi connectivity index (χ3n) is 1.90. The van der Waals surface area contributed by atoms with Gasteiger partial charge in [0.05, 0.1) is 17.7 Å². The van der Waals surface area contributed by atoms with Crippen molar-refractivity contribution in [3.05, 3.63) is 28.3 Å². The van der Waals surface area contributed by atoms with Gasteiger partial charge in [0.15, 0.2) is 5.78 Å². The van der Waals surface area contributed by atoms with Gasteiger partial charge < -0.3 is 4.74 Å². The van der Waals surface area contributed by atoms with Gasteiger partial charge in [0.2, 0.25) is 0 Å². The van der Waals surface area contributed by atoms with E-state index in [2.05, 4.69) is 0 Å². The summed E-state index contributed by atoms with van der Waals surface area (Å²) in [6.07, 6.45) is -2.64. The number of benzene rings is 1. The molecule has 0 saturated heterocycles. The number of carbonyl (C=O) groups is 1. The van der Waals surface area contributed by atoms with Gasteiger partial charge in [-0.3, -0.25) is 4.79 Å². The molecule has 82 valence electrons. The topological polar surface area (TPSA) is 26.3 Å². The fourth-order valence-corrected chi connectivity index (χ4v) is 1.58. The SMILES string of the molecule is COc1cc(C(F)F)cc(Cl)c1C(C)=O. The van der Waals surface area contributed by atoms with E-state index in [4.69, 9.17) is 16.3 Å². The van der Waals surface area contributed by atoms with Crippen molar-refractivity contribution in [2.75, 3.05) is 7.11 Å². The molecule has 0 aliphatic rings. The number of halogens is 3. The number of carbonyl (C=O) groups excluding carboxylic acids is 1. The van der Waals surface area contributed by atoms with E-state index in [1.54, 1.807) is 0 Å². The summed E-state index contributed by atoms with van der Waals surface area (Å²) in [7, 11) is 1.30. The Bertz CT molecular complexity index is 391. The maximum atomic E-state index is 12.4. The first-order valence-corrected chi connectivity index (χ1v) is 4.51. The van der Waals surface area contributed by atoms with Gasteiger partial charge in [0.1, 0.15) is 5.75 Å². The molecule has 15 heavy (non-hydrogen) atoms. The van der Waals surface area contributed by atoms with Crippen molar-refractivity contribution in [1.82, 2.24) is 0 Å². The van der Waals surface area contributed by atoms with Crippen molar-refractivity contribution in [3.63, 3.8) is 0 Å². The van der Waals surface area contributed by atoms with E-state index in [9.17, 15) is 13.6 Å². The Hall–Kier alpha value is -1.16. The molecule has 0 saturated carbocycles. The Morgan fingerprint density at radius 1 is 1.47 bits per heavy atom. The highest BCUT2D eigenvalue weighted by Gasteiger charge is 2.17. The Kier molecular flexibility index (Phi) is 3.63. The van der Waals surface area contributed by atoms with Crippen molar-refractivity contribution in [1.29, 1.82) is 0 Å². The number of ether oxygens (including phenoxy) is 1. The third kappa shape index (κ3) is 2.45. The summed E-state index contributed by atoms with van der Waals surface area (Å²) in [5.74, 6) is -0.247. The molecule has 0 heterocycles. The smallest absolute Gasteiger partial charge is 0.264 e. The van der Waals surface area contributed by atoms with Crippen molar-refractivity contribution in [2.45, 2.75) is 13.3 Å². The van der Waals surface area contributed by atoms with Crippen molar-refractivity contribution < 1.29 is 18.3 Å². The second-order valence-corrected chi connectivity index (χ2v) is 3.34. The van der Waals surface area contributed by atoms with E-state index in [0.717, 1.165) is 12.1 Å². The van der Waals surface area contributed by atoms with Crippen LogP contribution in [0.1, 0.15) is 29.3 Å². The first-order valence-electron chi connectivity index (χ1n) is 4.14. The molecule has 0 fully saturated rings. The summed E-state index contributed by atoms with van der Waals surface area (Å²) >= 11 is 5.72. The number of alkyl halides is 2. The first kappa shape index (κ1) is 11.9. The van der Waals surface area contributed by atoms with Crippen LogP contribution < -0.4 is 4.74 Å². The number of hydrogen-bond acceptors (Lipinski definition) is 2. The molecule has 0 aromatic heterocycles. The molecule has 0 bridgehead atoms. The van der Waals surface area contributed by atoms with Crippen LogP contribution in [0.4, 0.5) is 8.78 Å². The average molecular weight is 235 g/mol. The van der Waals surface area contributed by atoms with E-state index in [1.165, 1.54) is 14.0 Å². The number of methoxy groups -OCH3 is 1. The van der Waals surface area contributed by atoms with Crippen LogP contribution in [0.3, 0.4) is 0 Å². The van der Waals surface area contributed by atoms with Gasteiger partial charge in [-0.05, 0) is 19.1 Å². The normalized spacial score (nSPS) is 10.5. The van der Waals surface area contributed by atoms with Gasteiger partial charge in [0, 0.05) is 5.56 Å². The minimum absolute atomic E-state index is 0.0165. The van der Waals surface area contributed by atoms with Gasteiger partial charge in [-0.1, -0.05) is 11.6 Å². The summed E-state index contributed by atoms with van der Waals surface area (Å²) < 4.78 is 29.6. The van der Waals surface area contributed by atoms with Crippen LogP contribution in [0.25, 0.3) is 0 Å². The van der Waals surface area contributed by atoms with Gasteiger partial charge in [-0.15, -0.1) is 0 Å². The fraction of sp³-hybridized carbons (Fsp3) is 0.300. The molecule has 0 radical (unpaired) electrons. The van der Waals surface area contributed by atoms with Gasteiger partial charge in [0.25, 0.3) is 6.43 Å². The van der Waals surface area contributed by atoms with Crippen molar-refractivity contribution in [2.24, 2.45) is 0 Å². The van der Waals surface area contributed by atoms with E-state index in [0.29, 0.717) is 0 Å². The molecular formula is C10H9ClF2O2. The minimum atomic E-state index is -2.64. The second-order valence-electron chi connectivity index (χ2n) is 2.94. The molecule has 0 unspecified atom stereocenters. The lowest BCUT2D eigenvalue weighted by molar-refractivity contribution is 0.101. The summed E-state index contributed by atoms with van der Waals surface area (Å²) in [6, 6.07) is 2.19. The Balaban J connectivity index is 3.37. The molecule has 0 spiro atoms. The predicted molar refractivity (Wildman–Crippen MR) is 53.0 cm³/mol. The standard InChI is InChI=1S/C10H9ClF2O2/c1-5(14)9-7(11)3-6(10(12)13)4-8(9)15-2/h3-4,10H,1-2H3. The highest BCUT2D eigenvalue weighted by Crippen LogP contribution is 2.32. The van der Waals surface area contributed by atoms with Crippen LogP contribution in [0.5, 0.6) is 5.75 Å². The molecule has 0 amide bonds. The Labute approximate surface area is 90.8 Å². The highest BCUT2D eigenvalue weighted by atomic mass is 35.5. The monoisotopic (exact) mass is 234 g/mol. The van der Waals surface area contributed by atoms with E-state index in [1.807, 2.05) is 0 Å². The summed E-state index contributed by atoms with van der Waals surface area (Å²) in [6.45, 7) is 1.30. The van der Waals surface area contributed by atoms with Crippen LogP contribution in [0, 0.1) is 0 Å². The van der Waals surface area contributed by atoms with E-state index < -0.39 is 6.43 Å². The first-order chi connectivity index (χ1) is 6.97. The molecule has 2 nitrogen and oxygen atoms in total. The van der Waals surface area contributed by atoms with E-state index in [-0.39, 0.29) is 27.7 Å². The lowest BCUT2D eigenvalue weighted by Crippen LogP contribution is -2.00. The lowest BCUT2D eigenvalue weighted by atomic mass is 10.1. The maximum Gasteiger partial charge on any atom is 0.264 e. The molecule has 0 atom stereocenters. The van der Waals surface area contributed by atoms with Crippen molar-refractivity contribution in [3.8, 4) is 5.75 Å². The van der Waals surface area contributed by atoms with Crippen LogP contribution >= 0.6 is 11.6 Å². The van der Waals surface area contributed by atoms with Crippen LogP contribution in [0.15, 0.2) is 12.1 Å². The van der Waals surface area contributed by atoms with Crippen LogP contribution in [-0.4, -0.2) is 12.9 Å². The predicted octanol–water partition coefficient (Wildman–Crippen LogP) is 3.49. The number of hydrogen-bond donors (Lipinski definition) is 0. The lowest BCUT2D eigenvalue weighted by Gasteiger charge is -2.10. The Morgan fingerprint density at radius 2 is 2.07 bits per heavy atom. The fourth-order valence-electron chi connectivity index (χ4n) is 1.23. The van der Waals surface area contributed by atoms with Crippen LogP contribution in [-0.2, 0) is 0 Å². The van der Waals surface area contributed by atoms with E-state index >= 15 is 0 Å². The molecule has 1 aromatic carbocycles. The third-order valence-corrected chi connectivity index (χ3v) is 2.20. The van der Waals surface area contributed by atoms with Gasteiger partial charge >= 0.3 is 0 Å². The average Bonchev–Trinajstić information content (AvgIpc) is 2.15. The minimum Gasteiger partial charge on any atom is -0.496 e. The molecule has 0 N–H and O–H groups in total. The summed E-state index contributed by atoms with van der Waals surface area (Å²) in [5.41, 5.74) is -0.134. The molecule has 0 aliphatic heterocycles. The molecule has 5 heteroatoms. The zero-order valence-electron chi connectivity index (χ0n) is 8.18.